The quantitative estimate of drug-likeness (QED) is 0.771. The van der Waals surface area contributed by atoms with Crippen molar-refractivity contribution in [3.63, 3.8) is 0 Å². The standard InChI is InChI=1S/C16H21NO2/c1-17-11-13-9-5-6-10-14(13)15(19-16(17)18)12-7-3-2-4-8-12/h2-4,7-8,13-15H,5-6,9-11H2,1H3. The van der Waals surface area contributed by atoms with E-state index in [1.807, 2.05) is 25.2 Å². The van der Waals surface area contributed by atoms with E-state index in [1.54, 1.807) is 4.90 Å². The van der Waals surface area contributed by atoms with Crippen LogP contribution < -0.4 is 0 Å². The third-order valence-electron chi connectivity index (χ3n) is 4.53. The average Bonchev–Trinajstić information content (AvgIpc) is 2.58. The number of benzene rings is 1. The summed E-state index contributed by atoms with van der Waals surface area (Å²) in [6, 6.07) is 10.2. The first-order valence-electron chi connectivity index (χ1n) is 7.22. The predicted octanol–water partition coefficient (Wildman–Crippen LogP) is 3.62. The van der Waals surface area contributed by atoms with E-state index in [1.165, 1.54) is 25.7 Å². The van der Waals surface area contributed by atoms with Crippen molar-refractivity contribution in [2.24, 2.45) is 11.8 Å². The lowest BCUT2D eigenvalue weighted by Gasteiger charge is -2.34. The molecule has 19 heavy (non-hydrogen) atoms. The average molecular weight is 259 g/mol. The van der Waals surface area contributed by atoms with E-state index >= 15 is 0 Å². The van der Waals surface area contributed by atoms with E-state index in [-0.39, 0.29) is 12.2 Å². The maximum Gasteiger partial charge on any atom is 0.410 e. The van der Waals surface area contributed by atoms with Crippen LogP contribution in [0.2, 0.25) is 0 Å². The number of hydrogen-bond acceptors (Lipinski definition) is 2. The Bertz CT molecular complexity index is 445. The summed E-state index contributed by atoms with van der Waals surface area (Å²) >= 11 is 0. The highest BCUT2D eigenvalue weighted by atomic mass is 16.6. The van der Waals surface area contributed by atoms with E-state index < -0.39 is 0 Å². The van der Waals surface area contributed by atoms with Gasteiger partial charge in [-0.05, 0) is 24.3 Å². The molecule has 3 nitrogen and oxygen atoms in total. The highest BCUT2D eigenvalue weighted by Crippen LogP contribution is 2.42. The van der Waals surface area contributed by atoms with Gasteiger partial charge in [-0.2, -0.15) is 0 Å². The lowest BCUT2D eigenvalue weighted by Crippen LogP contribution is -2.31. The van der Waals surface area contributed by atoms with Crippen LogP contribution in [0, 0.1) is 11.8 Å². The fourth-order valence-electron chi connectivity index (χ4n) is 3.53. The number of carbonyl (C=O) groups is 1. The Balaban J connectivity index is 1.93. The van der Waals surface area contributed by atoms with Gasteiger partial charge in [0, 0.05) is 19.5 Å². The van der Waals surface area contributed by atoms with Crippen LogP contribution in [-0.2, 0) is 4.74 Å². The van der Waals surface area contributed by atoms with E-state index in [9.17, 15) is 4.79 Å². The molecule has 3 atom stereocenters. The largest absolute Gasteiger partial charge is 0.441 e. The summed E-state index contributed by atoms with van der Waals surface area (Å²) in [4.78, 5) is 13.8. The Morgan fingerprint density at radius 1 is 1.16 bits per heavy atom. The van der Waals surface area contributed by atoms with Gasteiger partial charge in [0.15, 0.2) is 0 Å². The third kappa shape index (κ3) is 2.46. The van der Waals surface area contributed by atoms with Crippen molar-refractivity contribution in [2.75, 3.05) is 13.6 Å². The Hall–Kier alpha value is -1.51. The molecule has 1 saturated carbocycles. The summed E-state index contributed by atoms with van der Waals surface area (Å²) in [7, 11) is 1.85. The summed E-state index contributed by atoms with van der Waals surface area (Å²) in [5.41, 5.74) is 1.14. The summed E-state index contributed by atoms with van der Waals surface area (Å²) in [5, 5.41) is 0. The Kier molecular flexibility index (Phi) is 3.45. The SMILES string of the molecule is CN1CC2CCCCC2C(c2ccccc2)OC1=O. The highest BCUT2D eigenvalue weighted by Gasteiger charge is 2.39. The summed E-state index contributed by atoms with van der Waals surface area (Å²) in [5.74, 6) is 1.06. The van der Waals surface area contributed by atoms with Gasteiger partial charge in [-0.15, -0.1) is 0 Å². The molecular formula is C16H21NO2. The summed E-state index contributed by atoms with van der Waals surface area (Å²) in [6.45, 7) is 0.840. The highest BCUT2D eigenvalue weighted by molar-refractivity contribution is 5.68. The molecule has 2 aliphatic rings. The first kappa shape index (κ1) is 12.5. The minimum Gasteiger partial charge on any atom is -0.441 e. The Labute approximate surface area is 114 Å². The normalized spacial score (nSPS) is 31.3. The lowest BCUT2D eigenvalue weighted by atomic mass is 9.74. The maximum absolute atomic E-state index is 12.0. The van der Waals surface area contributed by atoms with Gasteiger partial charge < -0.3 is 9.64 Å². The Morgan fingerprint density at radius 3 is 2.68 bits per heavy atom. The van der Waals surface area contributed by atoms with Crippen LogP contribution in [-0.4, -0.2) is 24.6 Å². The molecule has 2 fully saturated rings. The minimum atomic E-state index is -0.178. The number of cyclic esters (lactones) is 1. The van der Waals surface area contributed by atoms with Gasteiger partial charge in [0.05, 0.1) is 0 Å². The van der Waals surface area contributed by atoms with Crippen LogP contribution in [0.15, 0.2) is 30.3 Å². The molecule has 1 aromatic rings. The molecular weight excluding hydrogens is 238 g/mol. The second-order valence-electron chi connectivity index (χ2n) is 5.80. The topological polar surface area (TPSA) is 29.5 Å². The molecule has 0 spiro atoms. The van der Waals surface area contributed by atoms with E-state index in [2.05, 4.69) is 12.1 Å². The molecule has 0 bridgehead atoms. The van der Waals surface area contributed by atoms with Gasteiger partial charge in [-0.25, -0.2) is 4.79 Å². The molecule has 1 aliphatic heterocycles. The van der Waals surface area contributed by atoms with Gasteiger partial charge in [0.2, 0.25) is 0 Å². The number of rotatable bonds is 1. The van der Waals surface area contributed by atoms with Crippen molar-refractivity contribution in [3.8, 4) is 0 Å². The third-order valence-corrected chi connectivity index (χ3v) is 4.53. The van der Waals surface area contributed by atoms with Crippen molar-refractivity contribution in [2.45, 2.75) is 31.8 Å². The van der Waals surface area contributed by atoms with Crippen LogP contribution in [0.1, 0.15) is 37.4 Å². The molecule has 102 valence electrons. The van der Waals surface area contributed by atoms with Crippen LogP contribution in [0.3, 0.4) is 0 Å². The molecule has 1 saturated heterocycles. The maximum atomic E-state index is 12.0. The second kappa shape index (κ2) is 5.24. The molecule has 1 amide bonds. The van der Waals surface area contributed by atoms with Gasteiger partial charge >= 0.3 is 6.09 Å². The van der Waals surface area contributed by atoms with Crippen molar-refractivity contribution >= 4 is 6.09 Å². The van der Waals surface area contributed by atoms with E-state index in [4.69, 9.17) is 4.74 Å². The van der Waals surface area contributed by atoms with Crippen LogP contribution in [0.4, 0.5) is 4.79 Å². The Morgan fingerprint density at radius 2 is 1.89 bits per heavy atom. The number of nitrogens with zero attached hydrogens (tertiary/aromatic N) is 1. The monoisotopic (exact) mass is 259 g/mol. The van der Waals surface area contributed by atoms with Gasteiger partial charge in [-0.1, -0.05) is 43.2 Å². The van der Waals surface area contributed by atoms with Crippen LogP contribution in [0.25, 0.3) is 0 Å². The van der Waals surface area contributed by atoms with Crippen LogP contribution in [0.5, 0.6) is 0 Å². The molecule has 0 N–H and O–H groups in total. The summed E-state index contributed by atoms with van der Waals surface area (Å²) < 4.78 is 5.77. The van der Waals surface area contributed by atoms with Crippen molar-refractivity contribution in [1.82, 2.24) is 4.90 Å². The molecule has 1 aromatic carbocycles. The van der Waals surface area contributed by atoms with Crippen molar-refractivity contribution in [3.05, 3.63) is 35.9 Å². The van der Waals surface area contributed by atoms with Gasteiger partial charge in [0.1, 0.15) is 6.10 Å². The van der Waals surface area contributed by atoms with Gasteiger partial charge in [-0.3, -0.25) is 0 Å². The molecule has 3 rings (SSSR count). The molecule has 3 heteroatoms. The molecule has 3 unspecified atom stereocenters. The summed E-state index contributed by atoms with van der Waals surface area (Å²) in [6.07, 6.45) is 4.68. The zero-order valence-electron chi connectivity index (χ0n) is 11.4. The number of carbonyl (C=O) groups excluding carboxylic acids is 1. The zero-order chi connectivity index (χ0) is 13.2. The fraction of sp³-hybridized carbons (Fsp3) is 0.562. The van der Waals surface area contributed by atoms with Crippen LogP contribution >= 0.6 is 0 Å². The molecule has 1 aliphatic carbocycles. The van der Waals surface area contributed by atoms with E-state index in [0.717, 1.165) is 12.1 Å². The number of hydrogen-bond donors (Lipinski definition) is 0. The smallest absolute Gasteiger partial charge is 0.410 e. The zero-order valence-corrected chi connectivity index (χ0v) is 11.4. The van der Waals surface area contributed by atoms with Crippen molar-refractivity contribution < 1.29 is 9.53 Å². The minimum absolute atomic E-state index is 0.0658. The predicted molar refractivity (Wildman–Crippen MR) is 73.7 cm³/mol. The second-order valence-corrected chi connectivity index (χ2v) is 5.80. The van der Waals surface area contributed by atoms with E-state index in [0.29, 0.717) is 11.8 Å². The molecule has 0 radical (unpaired) electrons. The first-order chi connectivity index (χ1) is 9.25. The first-order valence-corrected chi connectivity index (χ1v) is 7.22. The number of fused-ring (bicyclic) bond motifs is 1. The number of amides is 1. The molecule has 1 heterocycles. The fourth-order valence-corrected chi connectivity index (χ4v) is 3.53. The lowest BCUT2D eigenvalue weighted by molar-refractivity contribution is 0.0395. The van der Waals surface area contributed by atoms with Crippen molar-refractivity contribution in [1.29, 1.82) is 0 Å². The van der Waals surface area contributed by atoms with Gasteiger partial charge in [0.25, 0.3) is 0 Å². The molecule has 0 aromatic heterocycles. The number of ether oxygens (including phenoxy) is 1.